The molecular weight excluding hydrogens is 232 g/mol. The molecule has 0 saturated heterocycles. The summed E-state index contributed by atoms with van der Waals surface area (Å²) in [6.45, 7) is 1.15. The molecule has 0 aromatic heterocycles. The van der Waals surface area contributed by atoms with Gasteiger partial charge in [-0.1, -0.05) is 0 Å². The Hall–Kier alpha value is -1.72. The van der Waals surface area contributed by atoms with Gasteiger partial charge in [-0.05, 0) is 6.92 Å². The van der Waals surface area contributed by atoms with Gasteiger partial charge in [0, 0.05) is 11.3 Å². The first-order valence-corrected chi connectivity index (χ1v) is 4.93. The Balaban J connectivity index is 0. The molecule has 0 aromatic rings. The summed E-state index contributed by atoms with van der Waals surface area (Å²) < 4.78 is 4.54. The van der Waals surface area contributed by atoms with Gasteiger partial charge in [0.05, 0.1) is 25.9 Å². The smallest absolute Gasteiger partial charge is 0.323 e. The van der Waals surface area contributed by atoms with Gasteiger partial charge in [-0.2, -0.15) is 5.26 Å². The highest BCUT2D eigenvalue weighted by atomic mass is 16.6. The van der Waals surface area contributed by atoms with Crippen LogP contribution in [-0.2, 0) is 9.53 Å². The Morgan fingerprint density at radius 1 is 1.53 bits per heavy atom. The van der Waals surface area contributed by atoms with Gasteiger partial charge in [0.15, 0.2) is 0 Å². The maximum Gasteiger partial charge on any atom is 0.323 e. The highest BCUT2D eigenvalue weighted by Crippen LogP contribution is 2.04. The molecule has 0 spiro atoms. The monoisotopic (exact) mass is 248 g/mol. The number of rotatable bonds is 6. The van der Waals surface area contributed by atoms with Crippen LogP contribution in [0.3, 0.4) is 0 Å². The SMILES string of the molecule is CCOC(=O)C(C#N)CC[N+](=O)[O-].OCCO. The average Bonchev–Trinajstić information content (AvgIpc) is 2.30. The van der Waals surface area contributed by atoms with E-state index in [0.29, 0.717) is 0 Å². The Bertz CT molecular complexity index is 261. The first-order valence-electron chi connectivity index (χ1n) is 4.93. The topological polar surface area (TPSA) is 134 Å². The molecule has 2 N–H and O–H groups in total. The molecule has 0 bridgehead atoms. The number of hydrogen-bond donors (Lipinski definition) is 2. The number of carbonyl (C=O) groups is 1. The third kappa shape index (κ3) is 12.2. The lowest BCUT2D eigenvalue weighted by Crippen LogP contribution is -2.19. The van der Waals surface area contributed by atoms with Crippen molar-refractivity contribution in [3.8, 4) is 6.07 Å². The molecule has 0 amide bonds. The summed E-state index contributed by atoms with van der Waals surface area (Å²) in [5.74, 6) is -1.71. The second kappa shape index (κ2) is 12.4. The fourth-order valence-corrected chi connectivity index (χ4v) is 0.712. The molecule has 0 rings (SSSR count). The third-order valence-electron chi connectivity index (χ3n) is 1.43. The van der Waals surface area contributed by atoms with Crippen LogP contribution >= 0.6 is 0 Å². The number of carbonyl (C=O) groups excluding carboxylic acids is 1. The van der Waals surface area contributed by atoms with Crippen molar-refractivity contribution < 1.29 is 24.7 Å². The number of aliphatic hydroxyl groups is 2. The van der Waals surface area contributed by atoms with Crippen molar-refractivity contribution in [3.63, 3.8) is 0 Å². The zero-order valence-electron chi connectivity index (χ0n) is 9.53. The standard InChI is InChI=1S/C7H10N2O4.C2H6O2/c1-2-13-7(10)6(5-8)3-4-9(11)12;3-1-2-4/h6H,2-4H2,1H3;3-4H,1-2H2. The van der Waals surface area contributed by atoms with Gasteiger partial charge in [0.25, 0.3) is 0 Å². The number of aliphatic hydroxyl groups excluding tert-OH is 2. The van der Waals surface area contributed by atoms with Crippen molar-refractivity contribution >= 4 is 5.97 Å². The van der Waals surface area contributed by atoms with Crippen LogP contribution < -0.4 is 0 Å². The lowest BCUT2D eigenvalue weighted by Gasteiger charge is -2.04. The van der Waals surface area contributed by atoms with Gasteiger partial charge in [-0.15, -0.1) is 0 Å². The molecule has 0 aliphatic carbocycles. The number of nitro groups is 1. The van der Waals surface area contributed by atoms with Crippen LogP contribution in [0.25, 0.3) is 0 Å². The van der Waals surface area contributed by atoms with Crippen LogP contribution in [0.5, 0.6) is 0 Å². The summed E-state index contributed by atoms with van der Waals surface area (Å²) in [7, 11) is 0. The maximum atomic E-state index is 10.9. The van der Waals surface area contributed by atoms with E-state index in [0.717, 1.165) is 0 Å². The van der Waals surface area contributed by atoms with E-state index in [4.69, 9.17) is 15.5 Å². The second-order valence-corrected chi connectivity index (χ2v) is 2.73. The molecule has 98 valence electrons. The highest BCUT2D eigenvalue weighted by molar-refractivity contribution is 5.75. The van der Waals surface area contributed by atoms with E-state index in [2.05, 4.69) is 4.74 Å². The molecule has 1 atom stereocenters. The molecule has 0 heterocycles. The van der Waals surface area contributed by atoms with Gasteiger partial charge >= 0.3 is 5.97 Å². The normalized spacial score (nSPS) is 10.5. The largest absolute Gasteiger partial charge is 0.465 e. The van der Waals surface area contributed by atoms with Gasteiger partial charge in [0.2, 0.25) is 6.54 Å². The zero-order chi connectivity index (χ0) is 13.7. The Labute approximate surface area is 98.6 Å². The van der Waals surface area contributed by atoms with Crippen molar-refractivity contribution in [3.05, 3.63) is 10.1 Å². The summed E-state index contributed by atoms with van der Waals surface area (Å²) in [5, 5.41) is 33.7. The fourth-order valence-electron chi connectivity index (χ4n) is 0.712. The lowest BCUT2D eigenvalue weighted by molar-refractivity contribution is -0.481. The molecule has 0 aliphatic rings. The molecule has 1 unspecified atom stereocenters. The van der Waals surface area contributed by atoms with Crippen LogP contribution in [0.4, 0.5) is 0 Å². The van der Waals surface area contributed by atoms with Crippen molar-refractivity contribution in [2.45, 2.75) is 13.3 Å². The van der Waals surface area contributed by atoms with E-state index in [1.165, 1.54) is 0 Å². The summed E-state index contributed by atoms with van der Waals surface area (Å²) in [4.78, 5) is 20.3. The Kier molecular flexibility index (Phi) is 12.8. The van der Waals surface area contributed by atoms with Crippen molar-refractivity contribution in [1.82, 2.24) is 0 Å². The predicted octanol–water partition coefficient (Wildman–Crippen LogP) is -0.673. The third-order valence-corrected chi connectivity index (χ3v) is 1.43. The van der Waals surface area contributed by atoms with Crippen molar-refractivity contribution in [2.75, 3.05) is 26.4 Å². The average molecular weight is 248 g/mol. The first-order chi connectivity index (χ1) is 8.03. The minimum Gasteiger partial charge on any atom is -0.465 e. The van der Waals surface area contributed by atoms with Crippen LogP contribution in [0.2, 0.25) is 0 Å². The van der Waals surface area contributed by atoms with E-state index in [-0.39, 0.29) is 26.2 Å². The Morgan fingerprint density at radius 3 is 2.35 bits per heavy atom. The molecule has 8 heteroatoms. The van der Waals surface area contributed by atoms with Gasteiger partial charge in [-0.25, -0.2) is 0 Å². The summed E-state index contributed by atoms with van der Waals surface area (Å²) >= 11 is 0. The van der Waals surface area contributed by atoms with Gasteiger partial charge in [-0.3, -0.25) is 14.9 Å². The lowest BCUT2D eigenvalue weighted by atomic mass is 10.1. The predicted molar refractivity (Wildman–Crippen MR) is 56.4 cm³/mol. The molecule has 0 saturated carbocycles. The van der Waals surface area contributed by atoms with Crippen molar-refractivity contribution in [2.24, 2.45) is 5.92 Å². The number of hydrogen-bond acceptors (Lipinski definition) is 7. The molecule has 0 aliphatic heterocycles. The number of esters is 1. The number of nitrogens with zero attached hydrogens (tertiary/aromatic N) is 2. The molecule has 8 nitrogen and oxygen atoms in total. The number of ether oxygens (including phenoxy) is 1. The summed E-state index contributed by atoms with van der Waals surface area (Å²) in [6, 6.07) is 1.66. The first kappa shape index (κ1) is 17.7. The van der Waals surface area contributed by atoms with Crippen LogP contribution in [0, 0.1) is 27.4 Å². The minimum absolute atomic E-state index is 0.0949. The quantitative estimate of drug-likeness (QED) is 0.361. The van der Waals surface area contributed by atoms with Crippen LogP contribution in [0.1, 0.15) is 13.3 Å². The van der Waals surface area contributed by atoms with Crippen molar-refractivity contribution in [1.29, 1.82) is 5.26 Å². The van der Waals surface area contributed by atoms with E-state index >= 15 is 0 Å². The minimum atomic E-state index is -1.02. The van der Waals surface area contributed by atoms with Crippen LogP contribution in [-0.4, -0.2) is 47.5 Å². The summed E-state index contributed by atoms with van der Waals surface area (Å²) in [5.41, 5.74) is 0. The summed E-state index contributed by atoms with van der Waals surface area (Å²) in [6.07, 6.45) is -0.0949. The molecule has 0 aromatic carbocycles. The van der Waals surface area contributed by atoms with Gasteiger partial charge in [0.1, 0.15) is 5.92 Å². The van der Waals surface area contributed by atoms with Crippen LogP contribution in [0.15, 0.2) is 0 Å². The molecule has 0 fully saturated rings. The van der Waals surface area contributed by atoms with E-state index < -0.39 is 23.4 Å². The van der Waals surface area contributed by atoms with E-state index in [1.807, 2.05) is 0 Å². The van der Waals surface area contributed by atoms with E-state index in [1.54, 1.807) is 13.0 Å². The Morgan fingerprint density at radius 2 is 2.06 bits per heavy atom. The molecular formula is C9H16N2O6. The fraction of sp³-hybridized carbons (Fsp3) is 0.778. The highest BCUT2D eigenvalue weighted by Gasteiger charge is 2.20. The molecule has 0 radical (unpaired) electrons. The van der Waals surface area contributed by atoms with Gasteiger partial charge < -0.3 is 14.9 Å². The molecule has 17 heavy (non-hydrogen) atoms. The van der Waals surface area contributed by atoms with E-state index in [9.17, 15) is 14.9 Å². The maximum absolute atomic E-state index is 10.9. The second-order valence-electron chi connectivity index (χ2n) is 2.73. The number of nitriles is 1. The zero-order valence-corrected chi connectivity index (χ0v) is 9.53.